The van der Waals surface area contributed by atoms with Gasteiger partial charge in [0.05, 0.1) is 18.8 Å². The van der Waals surface area contributed by atoms with Crippen molar-refractivity contribution in [3.63, 3.8) is 0 Å². The number of ether oxygens (including phenoxy) is 1. The Morgan fingerprint density at radius 2 is 2.10 bits per heavy atom. The average molecular weight is 279 g/mol. The van der Waals surface area contributed by atoms with Crippen LogP contribution in [0, 0.1) is 6.92 Å². The fraction of sp³-hybridized carbons (Fsp3) is 0.429. The first-order valence-electron chi connectivity index (χ1n) is 6.30. The molecule has 0 aromatic heterocycles. The van der Waals surface area contributed by atoms with Crippen LogP contribution in [0.15, 0.2) is 18.2 Å². The van der Waals surface area contributed by atoms with Crippen LogP contribution >= 0.6 is 0 Å². The Bertz CT molecular complexity index is 542. The fourth-order valence-corrected chi connectivity index (χ4v) is 2.42. The second-order valence-corrected chi connectivity index (χ2v) is 4.90. The molecule has 0 aliphatic carbocycles. The van der Waals surface area contributed by atoms with Crippen molar-refractivity contribution >= 4 is 11.9 Å². The van der Waals surface area contributed by atoms with Gasteiger partial charge in [0.2, 0.25) is 0 Å². The van der Waals surface area contributed by atoms with E-state index in [1.807, 2.05) is 13.0 Å². The van der Waals surface area contributed by atoms with E-state index in [0.29, 0.717) is 11.3 Å². The van der Waals surface area contributed by atoms with Crippen molar-refractivity contribution in [1.29, 1.82) is 0 Å². The SMILES string of the molecule is COc1ccc(C)cc1C(=O)N1CC(O)CC1C(=O)O. The van der Waals surface area contributed by atoms with Gasteiger partial charge in [-0.25, -0.2) is 4.79 Å². The molecule has 1 amide bonds. The molecule has 2 atom stereocenters. The van der Waals surface area contributed by atoms with Crippen molar-refractivity contribution in [1.82, 2.24) is 4.90 Å². The van der Waals surface area contributed by atoms with Gasteiger partial charge >= 0.3 is 5.97 Å². The molecular weight excluding hydrogens is 262 g/mol. The molecule has 1 aromatic carbocycles. The number of aliphatic hydroxyl groups excluding tert-OH is 1. The molecule has 0 saturated carbocycles. The van der Waals surface area contributed by atoms with E-state index in [4.69, 9.17) is 9.84 Å². The Labute approximate surface area is 116 Å². The van der Waals surface area contributed by atoms with Gasteiger partial charge in [0.1, 0.15) is 11.8 Å². The molecule has 2 N–H and O–H groups in total. The summed E-state index contributed by atoms with van der Waals surface area (Å²) in [6.45, 7) is 1.86. The molecule has 0 spiro atoms. The number of likely N-dealkylation sites (tertiary alicyclic amines) is 1. The predicted molar refractivity (Wildman–Crippen MR) is 70.8 cm³/mol. The van der Waals surface area contributed by atoms with Crippen LogP contribution in [-0.2, 0) is 4.79 Å². The molecule has 6 nitrogen and oxygen atoms in total. The zero-order chi connectivity index (χ0) is 14.9. The number of methoxy groups -OCH3 is 1. The van der Waals surface area contributed by atoms with Crippen molar-refractivity contribution in [2.75, 3.05) is 13.7 Å². The number of aliphatic carboxylic acids is 1. The molecule has 1 saturated heterocycles. The number of aliphatic hydroxyl groups is 1. The molecule has 1 aliphatic rings. The molecule has 1 aromatic rings. The van der Waals surface area contributed by atoms with Gasteiger partial charge < -0.3 is 19.8 Å². The first-order valence-corrected chi connectivity index (χ1v) is 6.30. The summed E-state index contributed by atoms with van der Waals surface area (Å²) in [6.07, 6.45) is -0.759. The number of carboxylic acids is 1. The smallest absolute Gasteiger partial charge is 0.326 e. The normalized spacial score (nSPS) is 21.9. The Hall–Kier alpha value is -2.08. The molecule has 108 valence electrons. The fourth-order valence-electron chi connectivity index (χ4n) is 2.42. The summed E-state index contributed by atoms with van der Waals surface area (Å²) in [4.78, 5) is 24.9. The number of rotatable bonds is 3. The number of benzene rings is 1. The molecule has 2 unspecified atom stereocenters. The van der Waals surface area contributed by atoms with E-state index in [2.05, 4.69) is 0 Å². The number of carbonyl (C=O) groups excluding carboxylic acids is 1. The van der Waals surface area contributed by atoms with Gasteiger partial charge in [-0.05, 0) is 19.1 Å². The lowest BCUT2D eigenvalue weighted by molar-refractivity contribution is -0.141. The third-order valence-corrected chi connectivity index (χ3v) is 3.41. The minimum atomic E-state index is -1.11. The first kappa shape index (κ1) is 14.3. The van der Waals surface area contributed by atoms with Crippen molar-refractivity contribution < 1.29 is 24.5 Å². The summed E-state index contributed by atoms with van der Waals surface area (Å²) < 4.78 is 5.15. The topological polar surface area (TPSA) is 87.1 Å². The summed E-state index contributed by atoms with van der Waals surface area (Å²) >= 11 is 0. The van der Waals surface area contributed by atoms with E-state index in [9.17, 15) is 14.7 Å². The van der Waals surface area contributed by atoms with Gasteiger partial charge in [-0.2, -0.15) is 0 Å². The molecule has 0 bridgehead atoms. The van der Waals surface area contributed by atoms with E-state index < -0.39 is 24.0 Å². The van der Waals surface area contributed by atoms with Crippen LogP contribution in [0.1, 0.15) is 22.3 Å². The molecular formula is C14H17NO5. The number of nitrogens with zero attached hydrogens (tertiary/aromatic N) is 1. The molecule has 0 radical (unpaired) electrons. The van der Waals surface area contributed by atoms with Crippen LogP contribution < -0.4 is 4.74 Å². The lowest BCUT2D eigenvalue weighted by atomic mass is 10.1. The summed E-state index contributed by atoms with van der Waals surface area (Å²) in [5, 5.41) is 18.7. The number of aryl methyl sites for hydroxylation is 1. The highest BCUT2D eigenvalue weighted by Crippen LogP contribution is 2.26. The van der Waals surface area contributed by atoms with Crippen LogP contribution in [-0.4, -0.2) is 52.8 Å². The lowest BCUT2D eigenvalue weighted by Gasteiger charge is -2.22. The molecule has 1 fully saturated rings. The molecule has 2 rings (SSSR count). The van der Waals surface area contributed by atoms with Gasteiger partial charge in [0.25, 0.3) is 5.91 Å². The molecule has 1 aliphatic heterocycles. The van der Waals surface area contributed by atoms with E-state index in [0.717, 1.165) is 5.56 Å². The number of β-amino-alcohol motifs (C(OH)–C–C–N with tert-alkyl or cyclic N) is 1. The van der Waals surface area contributed by atoms with Crippen LogP contribution in [0.4, 0.5) is 0 Å². The zero-order valence-corrected chi connectivity index (χ0v) is 11.4. The average Bonchev–Trinajstić information content (AvgIpc) is 2.80. The number of amides is 1. The molecule has 6 heteroatoms. The molecule has 1 heterocycles. The van der Waals surface area contributed by atoms with Crippen molar-refractivity contribution in [3.05, 3.63) is 29.3 Å². The maximum atomic E-state index is 12.5. The number of hydrogen-bond acceptors (Lipinski definition) is 4. The maximum absolute atomic E-state index is 12.5. The van der Waals surface area contributed by atoms with Gasteiger partial charge in [-0.15, -0.1) is 0 Å². The summed E-state index contributed by atoms with van der Waals surface area (Å²) in [7, 11) is 1.45. The Morgan fingerprint density at radius 1 is 1.40 bits per heavy atom. The minimum absolute atomic E-state index is 0.0207. The second-order valence-electron chi connectivity index (χ2n) is 4.90. The second kappa shape index (κ2) is 5.50. The van der Waals surface area contributed by atoms with Crippen molar-refractivity contribution in [2.24, 2.45) is 0 Å². The Kier molecular flexibility index (Phi) is 3.94. The number of hydrogen-bond donors (Lipinski definition) is 2. The maximum Gasteiger partial charge on any atom is 0.326 e. The van der Waals surface area contributed by atoms with E-state index in [1.165, 1.54) is 12.0 Å². The highest BCUT2D eigenvalue weighted by Gasteiger charge is 2.39. The van der Waals surface area contributed by atoms with Gasteiger partial charge in [-0.3, -0.25) is 4.79 Å². The standard InChI is InChI=1S/C14H17NO5/c1-8-3-4-12(20-2)10(5-8)13(17)15-7-9(16)6-11(15)14(18)19/h3-5,9,11,16H,6-7H2,1-2H3,(H,18,19). The Morgan fingerprint density at radius 3 is 2.70 bits per heavy atom. The monoisotopic (exact) mass is 279 g/mol. The highest BCUT2D eigenvalue weighted by molar-refractivity contribution is 5.99. The Balaban J connectivity index is 2.35. The lowest BCUT2D eigenvalue weighted by Crippen LogP contribution is -2.40. The van der Waals surface area contributed by atoms with Gasteiger partial charge in [0, 0.05) is 13.0 Å². The first-order chi connectivity index (χ1) is 9.43. The third-order valence-electron chi connectivity index (χ3n) is 3.41. The van der Waals surface area contributed by atoms with Crippen LogP contribution in [0.25, 0.3) is 0 Å². The van der Waals surface area contributed by atoms with E-state index in [-0.39, 0.29) is 13.0 Å². The number of carbonyl (C=O) groups is 2. The summed E-state index contributed by atoms with van der Waals surface area (Å²) in [5.41, 5.74) is 1.19. The van der Waals surface area contributed by atoms with E-state index in [1.54, 1.807) is 12.1 Å². The van der Waals surface area contributed by atoms with Crippen molar-refractivity contribution in [2.45, 2.75) is 25.5 Å². The van der Waals surface area contributed by atoms with E-state index >= 15 is 0 Å². The molecule has 20 heavy (non-hydrogen) atoms. The zero-order valence-electron chi connectivity index (χ0n) is 11.4. The van der Waals surface area contributed by atoms with Crippen molar-refractivity contribution in [3.8, 4) is 5.75 Å². The van der Waals surface area contributed by atoms with Gasteiger partial charge in [-0.1, -0.05) is 11.6 Å². The predicted octanol–water partition coefficient (Wildman–Crippen LogP) is 0.664. The summed E-state index contributed by atoms with van der Waals surface area (Å²) in [5.74, 6) is -1.15. The third kappa shape index (κ3) is 2.60. The van der Waals surface area contributed by atoms with Gasteiger partial charge in [0.15, 0.2) is 0 Å². The van der Waals surface area contributed by atoms with Crippen LogP contribution in [0.2, 0.25) is 0 Å². The summed E-state index contributed by atoms with van der Waals surface area (Å²) in [6, 6.07) is 4.14. The van der Waals surface area contributed by atoms with Crippen LogP contribution in [0.3, 0.4) is 0 Å². The quantitative estimate of drug-likeness (QED) is 0.849. The minimum Gasteiger partial charge on any atom is -0.496 e. The number of carboxylic acid groups (broad SMARTS) is 1. The van der Waals surface area contributed by atoms with Crippen LogP contribution in [0.5, 0.6) is 5.75 Å². The largest absolute Gasteiger partial charge is 0.496 e. The highest BCUT2D eigenvalue weighted by atomic mass is 16.5.